The first kappa shape index (κ1) is 16.5. The third kappa shape index (κ3) is 3.84. The minimum absolute atomic E-state index is 0.168. The van der Waals surface area contributed by atoms with Crippen molar-refractivity contribution in [2.75, 3.05) is 6.54 Å². The molecular formula is C16H25NO3S. The monoisotopic (exact) mass is 311 g/mol. The molecule has 0 aromatic heterocycles. The molecule has 2 rings (SSSR count). The zero-order valence-corrected chi connectivity index (χ0v) is 13.6. The van der Waals surface area contributed by atoms with Crippen molar-refractivity contribution in [2.45, 2.75) is 63.0 Å². The van der Waals surface area contributed by atoms with Crippen LogP contribution in [-0.2, 0) is 10.0 Å². The van der Waals surface area contributed by atoms with E-state index in [1.807, 2.05) is 6.92 Å². The van der Waals surface area contributed by atoms with Gasteiger partial charge in [-0.05, 0) is 43.4 Å². The number of hydrogen-bond acceptors (Lipinski definition) is 3. The van der Waals surface area contributed by atoms with Crippen molar-refractivity contribution < 1.29 is 13.5 Å². The summed E-state index contributed by atoms with van der Waals surface area (Å²) in [4.78, 5) is 0.301. The second-order valence-corrected chi connectivity index (χ2v) is 7.59. The van der Waals surface area contributed by atoms with Gasteiger partial charge in [-0.25, -0.2) is 8.42 Å². The summed E-state index contributed by atoms with van der Waals surface area (Å²) in [5.74, 6) is 0. The topological polar surface area (TPSA) is 57.6 Å². The van der Waals surface area contributed by atoms with Crippen LogP contribution in [0.4, 0.5) is 0 Å². The molecule has 4 nitrogen and oxygen atoms in total. The molecule has 5 heteroatoms. The number of sulfonamides is 1. The molecule has 0 spiro atoms. The van der Waals surface area contributed by atoms with E-state index in [2.05, 4.69) is 6.92 Å². The Labute approximate surface area is 127 Å². The first-order valence-corrected chi connectivity index (χ1v) is 9.24. The Kier molecular flexibility index (Phi) is 5.41. The van der Waals surface area contributed by atoms with Crippen LogP contribution in [-0.4, -0.2) is 30.4 Å². The largest absolute Gasteiger partial charge is 0.388 e. The lowest BCUT2D eigenvalue weighted by Gasteiger charge is -2.22. The first-order chi connectivity index (χ1) is 10.0. The van der Waals surface area contributed by atoms with Crippen molar-refractivity contribution in [1.29, 1.82) is 0 Å². The highest BCUT2D eigenvalue weighted by Crippen LogP contribution is 2.33. The summed E-state index contributed by atoms with van der Waals surface area (Å²) in [5.41, 5.74) is 0.671. The van der Waals surface area contributed by atoms with Gasteiger partial charge in [-0.15, -0.1) is 0 Å². The van der Waals surface area contributed by atoms with Crippen LogP contribution >= 0.6 is 0 Å². The van der Waals surface area contributed by atoms with Crippen LogP contribution in [0.3, 0.4) is 0 Å². The minimum atomic E-state index is -3.45. The lowest BCUT2D eigenvalue weighted by Crippen LogP contribution is -2.34. The number of unbranched alkanes of at least 4 members (excludes halogenated alkanes) is 1. The number of hydrogen-bond donors (Lipinski definition) is 1. The maximum atomic E-state index is 12.8. The fourth-order valence-corrected chi connectivity index (χ4v) is 4.21. The average molecular weight is 311 g/mol. The molecule has 118 valence electrons. The summed E-state index contributed by atoms with van der Waals surface area (Å²) >= 11 is 0. The van der Waals surface area contributed by atoms with Crippen LogP contribution in [0.1, 0.15) is 57.6 Å². The standard InChI is InChI=1S/C16H25NO3S/c1-3-5-11-17(14-9-10-14)21(19,20)15-8-6-7-13(12-15)16(18)4-2/h6-8,12,14,16,18H,3-5,9-11H2,1-2H3. The Bertz CT molecular complexity index is 567. The molecule has 1 aliphatic rings. The molecule has 0 aliphatic heterocycles. The maximum Gasteiger partial charge on any atom is 0.243 e. The van der Waals surface area contributed by atoms with Gasteiger partial charge in [-0.3, -0.25) is 0 Å². The molecule has 0 bridgehead atoms. The van der Waals surface area contributed by atoms with Crippen LogP contribution < -0.4 is 0 Å². The van der Waals surface area contributed by atoms with Gasteiger partial charge in [0, 0.05) is 12.6 Å². The number of rotatable bonds is 8. The normalized spacial score (nSPS) is 17.1. The highest BCUT2D eigenvalue weighted by Gasteiger charge is 2.37. The summed E-state index contributed by atoms with van der Waals surface area (Å²) in [6, 6.07) is 6.90. The van der Waals surface area contributed by atoms with Crippen molar-refractivity contribution in [3.05, 3.63) is 29.8 Å². The van der Waals surface area contributed by atoms with Gasteiger partial charge in [-0.1, -0.05) is 32.4 Å². The van der Waals surface area contributed by atoms with Crippen LogP contribution in [0.15, 0.2) is 29.2 Å². The SMILES string of the molecule is CCCCN(C1CC1)S(=O)(=O)c1cccc(C(O)CC)c1. The Morgan fingerprint density at radius 3 is 2.62 bits per heavy atom. The van der Waals surface area contributed by atoms with Crippen LogP contribution in [0, 0.1) is 0 Å². The van der Waals surface area contributed by atoms with Crippen molar-refractivity contribution >= 4 is 10.0 Å². The van der Waals surface area contributed by atoms with Gasteiger partial charge in [0.25, 0.3) is 0 Å². The first-order valence-electron chi connectivity index (χ1n) is 7.80. The molecule has 0 radical (unpaired) electrons. The predicted molar refractivity (Wildman–Crippen MR) is 83.5 cm³/mol. The number of nitrogens with zero attached hydrogens (tertiary/aromatic N) is 1. The second kappa shape index (κ2) is 6.90. The third-order valence-corrected chi connectivity index (χ3v) is 5.87. The quantitative estimate of drug-likeness (QED) is 0.802. The van der Waals surface area contributed by atoms with Crippen LogP contribution in [0.5, 0.6) is 0 Å². The van der Waals surface area contributed by atoms with Crippen molar-refractivity contribution in [2.24, 2.45) is 0 Å². The summed E-state index contributed by atoms with van der Waals surface area (Å²) in [6.07, 6.45) is 3.75. The molecule has 0 heterocycles. The van der Waals surface area contributed by atoms with E-state index in [1.165, 1.54) is 0 Å². The molecule has 21 heavy (non-hydrogen) atoms. The third-order valence-electron chi connectivity index (χ3n) is 3.92. The molecular weight excluding hydrogens is 286 g/mol. The Hall–Kier alpha value is -0.910. The highest BCUT2D eigenvalue weighted by atomic mass is 32.2. The fraction of sp³-hybridized carbons (Fsp3) is 0.625. The van der Waals surface area contributed by atoms with Crippen LogP contribution in [0.2, 0.25) is 0 Å². The summed E-state index contributed by atoms with van der Waals surface area (Å²) < 4.78 is 27.3. The average Bonchev–Trinajstić information content (AvgIpc) is 3.31. The fourth-order valence-electron chi connectivity index (χ4n) is 2.43. The van der Waals surface area contributed by atoms with Gasteiger partial charge < -0.3 is 5.11 Å². The van der Waals surface area contributed by atoms with E-state index in [4.69, 9.17) is 0 Å². The van der Waals surface area contributed by atoms with E-state index in [1.54, 1.807) is 28.6 Å². The number of aliphatic hydroxyl groups is 1. The number of aliphatic hydroxyl groups excluding tert-OH is 1. The smallest absolute Gasteiger partial charge is 0.243 e. The van der Waals surface area contributed by atoms with Gasteiger partial charge in [0.15, 0.2) is 0 Å². The Balaban J connectivity index is 2.28. The highest BCUT2D eigenvalue weighted by molar-refractivity contribution is 7.89. The zero-order chi connectivity index (χ0) is 15.5. The van der Waals surface area contributed by atoms with E-state index in [0.717, 1.165) is 25.7 Å². The van der Waals surface area contributed by atoms with Gasteiger partial charge in [-0.2, -0.15) is 4.31 Å². The summed E-state index contributed by atoms with van der Waals surface area (Å²) in [5, 5.41) is 9.91. The zero-order valence-electron chi connectivity index (χ0n) is 12.8. The summed E-state index contributed by atoms with van der Waals surface area (Å²) in [6.45, 7) is 4.53. The minimum Gasteiger partial charge on any atom is -0.388 e. The van der Waals surface area contributed by atoms with E-state index in [0.29, 0.717) is 23.4 Å². The van der Waals surface area contributed by atoms with Gasteiger partial charge >= 0.3 is 0 Å². The number of benzene rings is 1. The predicted octanol–water partition coefficient (Wildman–Crippen LogP) is 3.08. The molecule has 1 aromatic carbocycles. The van der Waals surface area contributed by atoms with E-state index in [9.17, 15) is 13.5 Å². The molecule has 0 amide bonds. The maximum absolute atomic E-state index is 12.8. The lowest BCUT2D eigenvalue weighted by molar-refractivity contribution is 0.173. The van der Waals surface area contributed by atoms with Crippen molar-refractivity contribution in [1.82, 2.24) is 4.31 Å². The van der Waals surface area contributed by atoms with Gasteiger partial charge in [0.2, 0.25) is 10.0 Å². The lowest BCUT2D eigenvalue weighted by atomic mass is 10.1. The molecule has 0 saturated heterocycles. The Morgan fingerprint density at radius 2 is 2.05 bits per heavy atom. The van der Waals surface area contributed by atoms with Gasteiger partial charge in [0.1, 0.15) is 0 Å². The van der Waals surface area contributed by atoms with Crippen molar-refractivity contribution in [3.8, 4) is 0 Å². The summed E-state index contributed by atoms with van der Waals surface area (Å²) in [7, 11) is -3.45. The van der Waals surface area contributed by atoms with Gasteiger partial charge in [0.05, 0.1) is 11.0 Å². The molecule has 1 saturated carbocycles. The second-order valence-electron chi connectivity index (χ2n) is 5.70. The molecule has 1 N–H and O–H groups in total. The molecule has 1 aliphatic carbocycles. The van der Waals surface area contributed by atoms with E-state index < -0.39 is 16.1 Å². The van der Waals surface area contributed by atoms with E-state index in [-0.39, 0.29) is 6.04 Å². The molecule has 1 atom stereocenters. The molecule has 1 unspecified atom stereocenters. The Morgan fingerprint density at radius 1 is 1.33 bits per heavy atom. The molecule has 1 fully saturated rings. The van der Waals surface area contributed by atoms with E-state index >= 15 is 0 Å². The van der Waals surface area contributed by atoms with Crippen LogP contribution in [0.25, 0.3) is 0 Å². The van der Waals surface area contributed by atoms with Crippen molar-refractivity contribution in [3.63, 3.8) is 0 Å². The molecule has 1 aromatic rings.